The van der Waals surface area contributed by atoms with Gasteiger partial charge in [0.2, 0.25) is 0 Å². The van der Waals surface area contributed by atoms with Gasteiger partial charge in [0, 0.05) is 0 Å². The molecule has 1 nitrogen and oxygen atoms in total. The highest BCUT2D eigenvalue weighted by atomic mass is 19.2. The van der Waals surface area contributed by atoms with Crippen molar-refractivity contribution in [3.8, 4) is 0 Å². The van der Waals surface area contributed by atoms with E-state index >= 15 is 39.5 Å². The van der Waals surface area contributed by atoms with Crippen LogP contribution < -0.4 is 4.90 Å². The van der Waals surface area contributed by atoms with Gasteiger partial charge in [-0.1, -0.05) is 0 Å². The lowest BCUT2D eigenvalue weighted by Gasteiger charge is -2.31. The molecular weight excluding hydrogens is 773 g/mol. The van der Waals surface area contributed by atoms with Crippen molar-refractivity contribution in [3.63, 3.8) is 0 Å². The third kappa shape index (κ3) is 4.37. The Hall–Kier alpha value is -5.57. The van der Waals surface area contributed by atoms with Gasteiger partial charge in [0.15, 0.2) is 122 Å². The Morgan fingerprint density at radius 2 is 0.288 bits per heavy atom. The lowest BCUT2D eigenvalue weighted by atomic mass is 9.97. The molecule has 0 saturated carbocycles. The average molecular weight is 773 g/mol. The van der Waals surface area contributed by atoms with Gasteiger partial charge in [-0.25, -0.2) is 92.2 Å². The van der Waals surface area contributed by atoms with Crippen molar-refractivity contribution in [1.29, 1.82) is 0 Å². The third-order valence-electron chi connectivity index (χ3n) is 7.62. The lowest BCUT2D eigenvalue weighted by molar-refractivity contribution is 0.408. The Morgan fingerprint density at radius 3 is 0.462 bits per heavy atom. The molecule has 0 aliphatic rings. The fraction of sp³-hybridized carbons (Fsp3) is 0. The highest BCUT2D eigenvalue weighted by Crippen LogP contribution is 2.53. The van der Waals surface area contributed by atoms with Gasteiger partial charge < -0.3 is 0 Å². The van der Waals surface area contributed by atoms with Crippen LogP contribution in [0.15, 0.2) is 0 Å². The summed E-state index contributed by atoms with van der Waals surface area (Å²) in [7, 11) is 0. The van der Waals surface area contributed by atoms with E-state index in [-0.39, 0.29) is 0 Å². The first-order valence-electron chi connectivity index (χ1n) is 12.9. The second kappa shape index (κ2) is 11.7. The zero-order chi connectivity index (χ0) is 38.9. The van der Waals surface area contributed by atoms with Gasteiger partial charge in [0.05, 0.1) is 49.4 Å². The van der Waals surface area contributed by atoms with E-state index < -0.39 is 176 Å². The van der Waals surface area contributed by atoms with E-state index in [1.54, 1.807) is 0 Å². The number of fused-ring (bicyclic) bond motifs is 3. The zero-order valence-corrected chi connectivity index (χ0v) is 23.4. The first-order valence-corrected chi connectivity index (χ1v) is 12.9. The minimum absolute atomic E-state index is 1.62. The highest BCUT2D eigenvalue weighted by molar-refractivity contribution is 6.10. The molecule has 0 aliphatic heterocycles. The summed E-state index contributed by atoms with van der Waals surface area (Å²) in [5.74, 6) is -67.4. The van der Waals surface area contributed by atoms with Crippen LogP contribution in [0.2, 0.25) is 0 Å². The summed E-state index contributed by atoms with van der Waals surface area (Å²) in [6, 6.07) is 0. The Bertz CT molecular complexity index is 2340. The number of rotatable bonds is 3. The average Bonchev–Trinajstić information content (AvgIpc) is 3.11. The fourth-order valence-electron chi connectivity index (χ4n) is 5.41. The first-order chi connectivity index (χ1) is 24.1. The van der Waals surface area contributed by atoms with Crippen LogP contribution in [0, 0.1) is 122 Å². The quantitative estimate of drug-likeness (QED) is 0.0984. The second-order valence-corrected chi connectivity index (χ2v) is 10.2. The van der Waals surface area contributed by atoms with Crippen molar-refractivity contribution in [2.24, 2.45) is 0 Å². The normalized spacial score (nSPS) is 11.9. The third-order valence-corrected chi connectivity index (χ3v) is 7.62. The van der Waals surface area contributed by atoms with Crippen LogP contribution in [-0.4, -0.2) is 0 Å². The van der Waals surface area contributed by atoms with Gasteiger partial charge in [0.25, 0.3) is 0 Å². The first kappa shape index (κ1) is 36.2. The maximum absolute atomic E-state index is 15.9. The van der Waals surface area contributed by atoms with E-state index in [0.717, 1.165) is 0 Å². The molecule has 22 heteroatoms. The van der Waals surface area contributed by atoms with E-state index in [0.29, 0.717) is 0 Å². The molecule has 272 valence electrons. The van der Waals surface area contributed by atoms with Crippen LogP contribution in [0.25, 0.3) is 32.3 Å². The Labute approximate surface area is 269 Å². The summed E-state index contributed by atoms with van der Waals surface area (Å²) in [5.41, 5.74) is -9.10. The minimum Gasteiger partial charge on any atom is -0.300 e. The molecule has 0 heterocycles. The fourth-order valence-corrected chi connectivity index (χ4v) is 5.41. The monoisotopic (exact) mass is 773 g/mol. The second-order valence-electron chi connectivity index (χ2n) is 10.2. The summed E-state index contributed by atoms with van der Waals surface area (Å²) in [6.07, 6.45) is 0. The van der Waals surface area contributed by atoms with Crippen molar-refractivity contribution < 1.29 is 92.2 Å². The van der Waals surface area contributed by atoms with Gasteiger partial charge in [-0.05, 0) is 0 Å². The van der Waals surface area contributed by atoms with Gasteiger partial charge >= 0.3 is 0 Å². The number of benzene rings is 6. The lowest BCUT2D eigenvalue weighted by Crippen LogP contribution is -2.22. The smallest absolute Gasteiger partial charge is 0.198 e. The summed E-state index contributed by atoms with van der Waals surface area (Å²) in [6.45, 7) is 0. The molecule has 6 aromatic rings. The standard InChI is InChI=1S/C30F21N/c31-7-1-4(13(37)19(43)16(7)40)28(25(49)22(46)10(1)34)52(29-5-2(11(35)23(47)26(29)50)8(32)17(41)20(44)14(5)38)30-6-3(12(36)24(48)27(30)51)9(33)18(42)21(45)15(6)39. The van der Waals surface area contributed by atoms with E-state index in [9.17, 15) is 52.7 Å². The van der Waals surface area contributed by atoms with E-state index in [1.165, 1.54) is 0 Å². The Balaban J connectivity index is 2.10. The number of hydrogen-bond acceptors (Lipinski definition) is 1. The highest BCUT2D eigenvalue weighted by Gasteiger charge is 2.42. The summed E-state index contributed by atoms with van der Waals surface area (Å²) >= 11 is 0. The molecule has 52 heavy (non-hydrogen) atoms. The predicted octanol–water partition coefficient (Wildman–Crippen LogP) is 11.5. The molecular formula is C30F21N. The van der Waals surface area contributed by atoms with E-state index in [2.05, 4.69) is 0 Å². The van der Waals surface area contributed by atoms with E-state index in [4.69, 9.17) is 0 Å². The summed E-state index contributed by atoms with van der Waals surface area (Å²) in [5, 5.41) is -16.5. The SMILES string of the molecule is Fc1c(F)c(F)c2c(N(c3c(F)c(F)c(F)c4c(F)c(F)c(F)c(F)c34)c3c(F)c(F)c(F)c4c(F)c(F)c(F)c(F)c34)c(F)c(F)c(F)c2c1F. The van der Waals surface area contributed by atoms with E-state index in [1.807, 2.05) is 0 Å². The van der Waals surface area contributed by atoms with Crippen LogP contribution in [0.5, 0.6) is 0 Å². The number of nitrogens with zero attached hydrogens (tertiary/aromatic N) is 1. The molecule has 0 amide bonds. The summed E-state index contributed by atoms with van der Waals surface area (Å²) in [4.78, 5) is -1.62. The molecule has 0 fully saturated rings. The van der Waals surface area contributed by atoms with Crippen LogP contribution in [-0.2, 0) is 0 Å². The number of hydrogen-bond donors (Lipinski definition) is 0. The largest absolute Gasteiger partial charge is 0.300 e. The molecule has 0 saturated heterocycles. The maximum atomic E-state index is 15.9. The van der Waals surface area contributed by atoms with Crippen LogP contribution in [0.4, 0.5) is 109 Å². The van der Waals surface area contributed by atoms with Crippen molar-refractivity contribution >= 4 is 49.4 Å². The van der Waals surface area contributed by atoms with Crippen LogP contribution >= 0.6 is 0 Å². The Kier molecular flexibility index (Phi) is 8.17. The molecule has 0 N–H and O–H groups in total. The maximum Gasteiger partial charge on any atom is 0.198 e. The molecule has 0 aromatic heterocycles. The van der Waals surface area contributed by atoms with Crippen molar-refractivity contribution in [3.05, 3.63) is 122 Å². The molecule has 0 bridgehead atoms. The van der Waals surface area contributed by atoms with Gasteiger partial charge in [-0.2, -0.15) is 0 Å². The van der Waals surface area contributed by atoms with Gasteiger partial charge in [0.1, 0.15) is 0 Å². The number of halogens is 21. The van der Waals surface area contributed by atoms with Crippen molar-refractivity contribution in [1.82, 2.24) is 0 Å². The molecule has 0 unspecified atom stereocenters. The molecule has 6 rings (SSSR count). The molecule has 0 atom stereocenters. The topological polar surface area (TPSA) is 3.24 Å². The zero-order valence-electron chi connectivity index (χ0n) is 23.4. The minimum atomic E-state index is -3.41. The van der Waals surface area contributed by atoms with Gasteiger partial charge in [-0.15, -0.1) is 0 Å². The predicted molar refractivity (Wildman–Crippen MR) is 133 cm³/mol. The molecule has 6 aromatic carbocycles. The van der Waals surface area contributed by atoms with Crippen LogP contribution in [0.1, 0.15) is 0 Å². The van der Waals surface area contributed by atoms with Crippen LogP contribution in [0.3, 0.4) is 0 Å². The Morgan fingerprint density at radius 1 is 0.154 bits per heavy atom. The molecule has 0 radical (unpaired) electrons. The molecule has 0 spiro atoms. The molecule has 0 aliphatic carbocycles. The van der Waals surface area contributed by atoms with Gasteiger partial charge in [-0.3, -0.25) is 4.90 Å². The number of anilines is 3. The van der Waals surface area contributed by atoms with Crippen molar-refractivity contribution in [2.45, 2.75) is 0 Å². The summed E-state index contributed by atoms with van der Waals surface area (Å²) < 4.78 is 315. The van der Waals surface area contributed by atoms with Crippen molar-refractivity contribution in [2.75, 3.05) is 4.90 Å².